The number of carbonyl (C=O) groups is 2. The molecule has 2 N–H and O–H groups in total. The lowest BCUT2D eigenvalue weighted by atomic mass is 9.84. The van der Waals surface area contributed by atoms with Crippen LogP contribution in [0.4, 0.5) is 0 Å². The summed E-state index contributed by atoms with van der Waals surface area (Å²) in [6, 6.07) is 0. The number of hydrogen-bond donors (Lipinski definition) is 1. The monoisotopic (exact) mass is 172 g/mol. The van der Waals surface area contributed by atoms with Crippen molar-refractivity contribution in [3.8, 4) is 0 Å². The minimum absolute atomic E-state index is 0.302. The van der Waals surface area contributed by atoms with E-state index >= 15 is 0 Å². The van der Waals surface area contributed by atoms with E-state index in [4.69, 9.17) is 5.90 Å². The number of piperidine rings is 1. The molecule has 0 radical (unpaired) electrons. The molecule has 1 aliphatic heterocycles. The Morgan fingerprint density at radius 1 is 1.50 bits per heavy atom. The minimum Gasteiger partial charge on any atom is -0.272 e. The van der Waals surface area contributed by atoms with Gasteiger partial charge in [-0.15, -0.1) is 5.06 Å². The summed E-state index contributed by atoms with van der Waals surface area (Å²) in [6.45, 7) is 3.52. The Balaban J connectivity index is 2.85. The summed E-state index contributed by atoms with van der Waals surface area (Å²) in [4.78, 5) is 26.6. The standard InChI is InChI=1S/C7H12N2O3/c1-7(2)4-3-5(10)9(12-8)6(7)11/h3-4,8H2,1-2H3. The van der Waals surface area contributed by atoms with E-state index < -0.39 is 5.41 Å². The van der Waals surface area contributed by atoms with Crippen LogP contribution in [0.15, 0.2) is 0 Å². The van der Waals surface area contributed by atoms with E-state index in [1.54, 1.807) is 13.8 Å². The van der Waals surface area contributed by atoms with E-state index in [0.29, 0.717) is 17.9 Å². The summed E-state index contributed by atoms with van der Waals surface area (Å²) < 4.78 is 0. The number of imide groups is 1. The fourth-order valence-corrected chi connectivity index (χ4v) is 1.12. The van der Waals surface area contributed by atoms with Crippen LogP contribution in [0.3, 0.4) is 0 Å². The van der Waals surface area contributed by atoms with Crippen molar-refractivity contribution in [2.24, 2.45) is 11.3 Å². The van der Waals surface area contributed by atoms with E-state index in [0.717, 1.165) is 0 Å². The molecule has 12 heavy (non-hydrogen) atoms. The fourth-order valence-electron chi connectivity index (χ4n) is 1.12. The van der Waals surface area contributed by atoms with E-state index in [1.165, 1.54) is 0 Å². The summed E-state index contributed by atoms with van der Waals surface area (Å²) in [5, 5.41) is 0.628. The maximum atomic E-state index is 11.4. The Kier molecular flexibility index (Phi) is 2.16. The molecule has 0 atom stereocenters. The Labute approximate surface area is 70.4 Å². The summed E-state index contributed by atoms with van der Waals surface area (Å²) >= 11 is 0. The molecule has 5 nitrogen and oxygen atoms in total. The van der Waals surface area contributed by atoms with E-state index in [2.05, 4.69) is 4.94 Å². The minimum atomic E-state index is -0.548. The highest BCUT2D eigenvalue weighted by Gasteiger charge is 2.41. The second-order valence-corrected chi connectivity index (χ2v) is 3.48. The van der Waals surface area contributed by atoms with Gasteiger partial charge in [-0.1, -0.05) is 13.8 Å². The van der Waals surface area contributed by atoms with Crippen molar-refractivity contribution in [3.05, 3.63) is 0 Å². The number of hydrogen-bond acceptors (Lipinski definition) is 4. The molecule has 0 saturated carbocycles. The molecule has 1 rings (SSSR count). The first-order valence-electron chi connectivity index (χ1n) is 3.73. The van der Waals surface area contributed by atoms with Gasteiger partial charge in [0.25, 0.3) is 11.8 Å². The average Bonchev–Trinajstić information content (AvgIpc) is 2.00. The largest absolute Gasteiger partial charge is 0.272 e. The fraction of sp³-hybridized carbons (Fsp3) is 0.714. The van der Waals surface area contributed by atoms with Gasteiger partial charge in [0.2, 0.25) is 0 Å². The van der Waals surface area contributed by atoms with Crippen LogP contribution in [0.25, 0.3) is 0 Å². The van der Waals surface area contributed by atoms with Gasteiger partial charge in [0, 0.05) is 11.8 Å². The number of carbonyl (C=O) groups excluding carboxylic acids is 2. The first-order valence-corrected chi connectivity index (χ1v) is 3.73. The van der Waals surface area contributed by atoms with Crippen LogP contribution in [0.1, 0.15) is 26.7 Å². The van der Waals surface area contributed by atoms with Gasteiger partial charge >= 0.3 is 0 Å². The molecule has 1 aliphatic rings. The van der Waals surface area contributed by atoms with Crippen LogP contribution in [0.2, 0.25) is 0 Å². The molecular weight excluding hydrogens is 160 g/mol. The van der Waals surface area contributed by atoms with Crippen molar-refractivity contribution in [3.63, 3.8) is 0 Å². The Bertz CT molecular complexity index is 225. The van der Waals surface area contributed by atoms with Crippen LogP contribution in [0, 0.1) is 5.41 Å². The Morgan fingerprint density at radius 3 is 2.50 bits per heavy atom. The Morgan fingerprint density at radius 2 is 2.08 bits per heavy atom. The van der Waals surface area contributed by atoms with Crippen LogP contribution >= 0.6 is 0 Å². The number of amides is 2. The van der Waals surface area contributed by atoms with Crippen molar-refractivity contribution >= 4 is 11.8 Å². The molecule has 1 heterocycles. The van der Waals surface area contributed by atoms with Crippen molar-refractivity contribution in [2.45, 2.75) is 26.7 Å². The highest BCUT2D eigenvalue weighted by atomic mass is 16.8. The molecule has 1 fully saturated rings. The normalized spacial score (nSPS) is 23.1. The lowest BCUT2D eigenvalue weighted by molar-refractivity contribution is -0.209. The maximum absolute atomic E-state index is 11.4. The zero-order valence-corrected chi connectivity index (χ0v) is 7.16. The smallest absolute Gasteiger partial charge is 0.260 e. The second-order valence-electron chi connectivity index (χ2n) is 3.48. The molecule has 2 amide bonds. The molecular formula is C7H12N2O3. The van der Waals surface area contributed by atoms with Crippen molar-refractivity contribution in [2.75, 3.05) is 0 Å². The topological polar surface area (TPSA) is 72.6 Å². The first-order chi connectivity index (χ1) is 5.49. The van der Waals surface area contributed by atoms with Crippen molar-refractivity contribution in [1.82, 2.24) is 5.06 Å². The van der Waals surface area contributed by atoms with Crippen LogP contribution in [-0.4, -0.2) is 16.9 Å². The summed E-state index contributed by atoms with van der Waals surface area (Å²) in [5.41, 5.74) is -0.548. The number of nitrogens with zero attached hydrogens (tertiary/aromatic N) is 1. The highest BCUT2D eigenvalue weighted by Crippen LogP contribution is 2.30. The molecule has 0 aromatic carbocycles. The summed E-state index contributed by atoms with van der Waals surface area (Å²) in [6.07, 6.45) is 0.848. The zero-order valence-electron chi connectivity index (χ0n) is 7.16. The third-order valence-corrected chi connectivity index (χ3v) is 2.06. The molecule has 0 bridgehead atoms. The highest BCUT2D eigenvalue weighted by molar-refractivity contribution is 5.99. The maximum Gasteiger partial charge on any atom is 0.260 e. The molecule has 68 valence electrons. The lowest BCUT2D eigenvalue weighted by Crippen LogP contribution is -2.50. The van der Waals surface area contributed by atoms with Crippen LogP contribution in [0.5, 0.6) is 0 Å². The van der Waals surface area contributed by atoms with Crippen LogP contribution in [-0.2, 0) is 14.5 Å². The van der Waals surface area contributed by atoms with Crippen molar-refractivity contribution < 1.29 is 14.5 Å². The zero-order chi connectivity index (χ0) is 9.35. The van der Waals surface area contributed by atoms with Gasteiger partial charge in [0.1, 0.15) is 0 Å². The summed E-state index contributed by atoms with van der Waals surface area (Å²) in [5.74, 6) is 4.04. The first kappa shape index (κ1) is 9.15. The summed E-state index contributed by atoms with van der Waals surface area (Å²) in [7, 11) is 0. The van der Waals surface area contributed by atoms with Crippen molar-refractivity contribution in [1.29, 1.82) is 0 Å². The van der Waals surface area contributed by atoms with E-state index in [-0.39, 0.29) is 11.8 Å². The second kappa shape index (κ2) is 2.84. The quantitative estimate of drug-likeness (QED) is 0.445. The third-order valence-electron chi connectivity index (χ3n) is 2.06. The molecule has 5 heteroatoms. The van der Waals surface area contributed by atoms with Gasteiger partial charge in [-0.2, -0.15) is 10.8 Å². The van der Waals surface area contributed by atoms with Gasteiger partial charge in [-0.25, -0.2) is 0 Å². The molecule has 0 aliphatic carbocycles. The Hall–Kier alpha value is -0.940. The molecule has 0 spiro atoms. The predicted octanol–water partition coefficient (Wildman–Crippen LogP) is -0.0331. The number of nitrogens with two attached hydrogens (primary N) is 1. The van der Waals surface area contributed by atoms with Gasteiger partial charge in [-0.3, -0.25) is 9.59 Å². The van der Waals surface area contributed by atoms with E-state index in [1.807, 2.05) is 0 Å². The van der Waals surface area contributed by atoms with Crippen LogP contribution < -0.4 is 5.90 Å². The molecule has 1 saturated heterocycles. The molecule has 0 aromatic rings. The van der Waals surface area contributed by atoms with E-state index in [9.17, 15) is 9.59 Å². The van der Waals surface area contributed by atoms with Gasteiger partial charge in [-0.05, 0) is 6.42 Å². The third kappa shape index (κ3) is 1.33. The van der Waals surface area contributed by atoms with Gasteiger partial charge < -0.3 is 0 Å². The molecule has 0 unspecified atom stereocenters. The average molecular weight is 172 g/mol. The molecule has 0 aromatic heterocycles. The SMILES string of the molecule is CC1(C)CCC(=O)N(ON)C1=O. The van der Waals surface area contributed by atoms with Gasteiger partial charge in [0.05, 0.1) is 0 Å². The predicted molar refractivity (Wildman–Crippen MR) is 40.1 cm³/mol. The number of hydroxylamine groups is 2. The number of rotatable bonds is 1. The van der Waals surface area contributed by atoms with Gasteiger partial charge in [0.15, 0.2) is 0 Å². The lowest BCUT2D eigenvalue weighted by Gasteiger charge is -2.32.